The average molecular weight is 841 g/mol. The van der Waals surface area contributed by atoms with E-state index in [0.29, 0.717) is 67.5 Å². The Morgan fingerprint density at radius 3 is 1.81 bits per heavy atom. The molecule has 6 heteroatoms. The summed E-state index contributed by atoms with van der Waals surface area (Å²) in [6.45, 7) is 7.68. The normalized spacial score (nSPS) is 20.3. The van der Waals surface area contributed by atoms with E-state index in [1.807, 2.05) is 0 Å². The number of allylic oxidation sites excluding steroid dienone is 1. The molecule has 0 bridgehead atoms. The second-order valence-electron chi connectivity index (χ2n) is 18.5. The van der Waals surface area contributed by atoms with Gasteiger partial charge < -0.3 is 19.6 Å². The van der Waals surface area contributed by atoms with Gasteiger partial charge in [-0.2, -0.15) is 0 Å². The summed E-state index contributed by atoms with van der Waals surface area (Å²) < 4.78 is 0. The lowest BCUT2D eigenvalue weighted by atomic mass is 9.85. The van der Waals surface area contributed by atoms with Gasteiger partial charge in [-0.25, -0.2) is 0 Å². The van der Waals surface area contributed by atoms with Gasteiger partial charge in [0, 0.05) is 26.2 Å². The molecule has 3 aliphatic carbocycles. The Labute approximate surface area is 376 Å². The van der Waals surface area contributed by atoms with E-state index in [1.54, 1.807) is 0 Å². The van der Waals surface area contributed by atoms with Crippen molar-refractivity contribution in [1.82, 2.24) is 19.6 Å². The van der Waals surface area contributed by atoms with Crippen molar-refractivity contribution in [3.05, 3.63) is 195 Å². The lowest BCUT2D eigenvalue weighted by molar-refractivity contribution is -0.118. The molecule has 3 atom stereocenters. The maximum absolute atomic E-state index is 15.7. The van der Waals surface area contributed by atoms with Crippen molar-refractivity contribution >= 4 is 50.8 Å². The molecular formula is C58H56N4O2. The minimum absolute atomic E-state index is 0.00731. The zero-order valence-electron chi connectivity index (χ0n) is 37.0. The van der Waals surface area contributed by atoms with Crippen molar-refractivity contribution in [1.29, 1.82) is 0 Å². The third kappa shape index (κ3) is 7.04. The number of hydrogen-bond acceptors (Lipinski definition) is 6. The summed E-state index contributed by atoms with van der Waals surface area (Å²) in [5, 5.41) is 7.51. The van der Waals surface area contributed by atoms with Gasteiger partial charge >= 0.3 is 0 Å². The van der Waals surface area contributed by atoms with E-state index in [2.05, 4.69) is 185 Å². The summed E-state index contributed by atoms with van der Waals surface area (Å²) in [4.78, 5) is 40.5. The van der Waals surface area contributed by atoms with E-state index >= 15 is 9.59 Å². The summed E-state index contributed by atoms with van der Waals surface area (Å²) in [6, 6.07) is 47.5. The summed E-state index contributed by atoms with van der Waals surface area (Å²) >= 11 is 0. The van der Waals surface area contributed by atoms with Crippen LogP contribution in [0.15, 0.2) is 162 Å². The van der Waals surface area contributed by atoms with Crippen molar-refractivity contribution in [2.75, 3.05) is 32.8 Å². The summed E-state index contributed by atoms with van der Waals surface area (Å²) in [7, 11) is 0. The van der Waals surface area contributed by atoms with E-state index < -0.39 is 0 Å². The smallest absolute Gasteiger partial charge is 0.229 e. The van der Waals surface area contributed by atoms with Crippen LogP contribution in [0.25, 0.3) is 39.3 Å². The van der Waals surface area contributed by atoms with Gasteiger partial charge in [-0.3, -0.25) is 9.59 Å². The van der Waals surface area contributed by atoms with Gasteiger partial charge in [0.25, 0.3) is 0 Å². The molecule has 2 heterocycles. The summed E-state index contributed by atoms with van der Waals surface area (Å²) in [5.74, 6) is 0.746. The maximum Gasteiger partial charge on any atom is 0.229 e. The Bertz CT molecular complexity index is 3060. The molecule has 0 saturated heterocycles. The zero-order valence-corrected chi connectivity index (χ0v) is 37.0. The molecule has 0 spiro atoms. The van der Waals surface area contributed by atoms with Crippen molar-refractivity contribution < 1.29 is 9.59 Å². The standard InChI is InChI=1S/C58H56N4O2/c1-39-28-29-44-17-6-10-27-52(44)48(39)33-35-60-38-59(34-30-45-21-11-18-41-14-3-7-24-49(41)45)53-54(60)58(64)56-55(57(53)63)61(36-31-46-22-12-19-42-15-4-8-25-50(42)46)40(2)62(56)37-32-47-23-13-20-43-16-5-9-26-51(43)47/h3-20,22-27,29,39-40,45H,21,28,30-38H2,1-2H3. The molecule has 11 rings (SSSR count). The lowest BCUT2D eigenvalue weighted by Gasteiger charge is -2.33. The summed E-state index contributed by atoms with van der Waals surface area (Å²) in [6.07, 6.45) is 11.9. The molecule has 6 aromatic rings. The van der Waals surface area contributed by atoms with Crippen LogP contribution in [0.3, 0.4) is 0 Å². The molecule has 5 aliphatic rings. The van der Waals surface area contributed by atoms with Gasteiger partial charge in [-0.1, -0.05) is 164 Å². The first-order chi connectivity index (χ1) is 31.4. The molecule has 64 heavy (non-hydrogen) atoms. The molecule has 0 amide bonds. The molecular weight excluding hydrogens is 785 g/mol. The highest BCUT2D eigenvalue weighted by Crippen LogP contribution is 2.43. The number of carbonyl (C=O) groups is 2. The molecule has 0 fully saturated rings. The van der Waals surface area contributed by atoms with Crippen molar-refractivity contribution in [3.63, 3.8) is 0 Å². The number of hydrogen-bond donors (Lipinski definition) is 0. The van der Waals surface area contributed by atoms with Crippen LogP contribution in [0, 0.1) is 5.92 Å². The van der Waals surface area contributed by atoms with Gasteiger partial charge in [0.2, 0.25) is 11.6 Å². The number of rotatable bonds is 12. The number of fused-ring (bicyclic) bond motifs is 4. The summed E-state index contributed by atoms with van der Waals surface area (Å²) in [5.41, 5.74) is 8.92. The van der Waals surface area contributed by atoms with E-state index in [4.69, 9.17) is 0 Å². The molecule has 0 aromatic heterocycles. The zero-order chi connectivity index (χ0) is 43.3. The van der Waals surface area contributed by atoms with Gasteiger partial charge in [0.1, 0.15) is 22.8 Å². The number of ketones is 2. The minimum atomic E-state index is -0.179. The Hall–Kier alpha value is -6.66. The fraction of sp³-hybridized carbons (Fsp3) is 0.276. The molecule has 2 aliphatic heterocycles. The molecule has 0 N–H and O–H groups in total. The first kappa shape index (κ1) is 40.1. The lowest BCUT2D eigenvalue weighted by Crippen LogP contribution is -2.41. The highest BCUT2D eigenvalue weighted by molar-refractivity contribution is 6.25. The Balaban J connectivity index is 0.963. The van der Waals surface area contributed by atoms with Crippen LogP contribution in [0.2, 0.25) is 0 Å². The number of carbonyl (C=O) groups excluding carboxylic acids is 2. The van der Waals surface area contributed by atoms with Crippen LogP contribution in [0.1, 0.15) is 67.7 Å². The number of benzene rings is 6. The molecule has 6 aromatic carbocycles. The van der Waals surface area contributed by atoms with Crippen molar-refractivity contribution in [2.45, 2.75) is 64.5 Å². The van der Waals surface area contributed by atoms with Gasteiger partial charge in [-0.05, 0) is 112 Å². The maximum atomic E-state index is 15.7. The number of nitrogens with zero attached hydrogens (tertiary/aromatic N) is 4. The highest BCUT2D eigenvalue weighted by Gasteiger charge is 2.51. The largest absolute Gasteiger partial charge is 0.349 e. The van der Waals surface area contributed by atoms with Crippen LogP contribution in [-0.2, 0) is 22.4 Å². The van der Waals surface area contributed by atoms with Crippen LogP contribution < -0.4 is 10.4 Å². The fourth-order valence-electron chi connectivity index (χ4n) is 11.5. The topological polar surface area (TPSA) is 47.1 Å². The van der Waals surface area contributed by atoms with E-state index in [9.17, 15) is 0 Å². The van der Waals surface area contributed by atoms with Crippen LogP contribution in [0.4, 0.5) is 0 Å². The first-order valence-electron chi connectivity index (χ1n) is 23.5. The molecule has 3 unspecified atom stereocenters. The Morgan fingerprint density at radius 1 is 0.547 bits per heavy atom. The Morgan fingerprint density at radius 2 is 1.12 bits per heavy atom. The number of Topliss-reactive ketones (excluding diaryl/α,β-unsaturated/α-hetero) is 2. The van der Waals surface area contributed by atoms with E-state index in [-0.39, 0.29) is 17.7 Å². The second-order valence-corrected chi connectivity index (χ2v) is 18.5. The van der Waals surface area contributed by atoms with Gasteiger partial charge in [0.15, 0.2) is 0 Å². The van der Waals surface area contributed by atoms with Crippen LogP contribution in [-0.4, -0.2) is 70.2 Å². The third-order valence-electron chi connectivity index (χ3n) is 14.9. The van der Waals surface area contributed by atoms with Crippen molar-refractivity contribution in [3.8, 4) is 0 Å². The average Bonchev–Trinajstić information content (AvgIpc) is 3.85. The first-order valence-corrected chi connectivity index (χ1v) is 23.5. The molecule has 0 radical (unpaired) electrons. The molecule has 320 valence electrons. The highest BCUT2D eigenvalue weighted by atomic mass is 16.1. The predicted octanol–water partition coefficient (Wildman–Crippen LogP) is 9.54. The van der Waals surface area contributed by atoms with Crippen LogP contribution in [0.5, 0.6) is 0 Å². The monoisotopic (exact) mass is 840 g/mol. The third-order valence-corrected chi connectivity index (χ3v) is 14.9. The Kier molecular flexibility index (Phi) is 10.5. The fourth-order valence-corrected chi connectivity index (χ4v) is 11.5. The van der Waals surface area contributed by atoms with Crippen molar-refractivity contribution in [2.24, 2.45) is 5.92 Å². The quantitative estimate of drug-likeness (QED) is 0.115. The van der Waals surface area contributed by atoms with Crippen LogP contribution >= 0.6 is 0 Å². The minimum Gasteiger partial charge on any atom is -0.349 e. The predicted molar refractivity (Wildman–Crippen MR) is 260 cm³/mol. The molecule has 0 saturated carbocycles. The van der Waals surface area contributed by atoms with E-state index in [1.165, 1.54) is 59.8 Å². The SMILES string of the molecule is CC1CC=c2ccccc2=C1CCN1CN(CCC2CC=Cc3ccccc32)C2=C1C(=O)C1=C(C2=O)N(CCc2cccc3ccccc23)C(C)N1CCc1cccc2ccccc12. The van der Waals surface area contributed by atoms with E-state index in [0.717, 1.165) is 38.5 Å². The van der Waals surface area contributed by atoms with Gasteiger partial charge in [-0.15, -0.1) is 0 Å². The molecule has 6 nitrogen and oxygen atoms in total. The second kappa shape index (κ2) is 16.8. The van der Waals surface area contributed by atoms with Gasteiger partial charge in [0.05, 0.1) is 12.8 Å².